The van der Waals surface area contributed by atoms with Crippen molar-refractivity contribution >= 4 is 39.3 Å². The molecule has 5 nitrogen and oxygen atoms in total. The number of nitrogens with zero attached hydrogens (tertiary/aromatic N) is 2. The highest BCUT2D eigenvalue weighted by Crippen LogP contribution is 2.38. The smallest absolute Gasteiger partial charge is 0.283 e. The number of carbonyl (C=O) groups is 1. The highest BCUT2D eigenvalue weighted by Gasteiger charge is 2.19. The standard InChI is InChI=1S/C15H13BrN2O3S/c1-17(2)15(19)11-5-3-4-6-13(11)22-14-9-10(16)7-8-12(14)18(20)21/h3-9H,1-2H3. The number of carbonyl (C=O) groups excluding carboxylic acids is 1. The number of amides is 1. The van der Waals surface area contributed by atoms with Gasteiger partial charge in [0.15, 0.2) is 0 Å². The maximum Gasteiger partial charge on any atom is 0.283 e. The van der Waals surface area contributed by atoms with Gasteiger partial charge in [-0.15, -0.1) is 0 Å². The molecule has 0 aliphatic carbocycles. The second-order valence-electron chi connectivity index (χ2n) is 4.67. The lowest BCUT2D eigenvalue weighted by molar-refractivity contribution is -0.387. The highest BCUT2D eigenvalue weighted by atomic mass is 79.9. The fourth-order valence-electron chi connectivity index (χ4n) is 1.81. The van der Waals surface area contributed by atoms with E-state index in [2.05, 4.69) is 15.9 Å². The van der Waals surface area contributed by atoms with Crippen LogP contribution in [0.1, 0.15) is 10.4 Å². The SMILES string of the molecule is CN(C)C(=O)c1ccccc1Sc1cc(Br)ccc1[N+](=O)[O-]. The van der Waals surface area contributed by atoms with Crippen LogP contribution in [-0.2, 0) is 0 Å². The van der Waals surface area contributed by atoms with Crippen LogP contribution in [0.25, 0.3) is 0 Å². The second-order valence-corrected chi connectivity index (χ2v) is 6.67. The van der Waals surface area contributed by atoms with E-state index in [1.165, 1.54) is 22.7 Å². The van der Waals surface area contributed by atoms with Crippen molar-refractivity contribution in [3.05, 3.63) is 62.6 Å². The number of benzene rings is 2. The van der Waals surface area contributed by atoms with Crippen molar-refractivity contribution in [2.24, 2.45) is 0 Å². The normalized spacial score (nSPS) is 10.3. The number of hydrogen-bond donors (Lipinski definition) is 0. The summed E-state index contributed by atoms with van der Waals surface area (Å²) < 4.78 is 0.747. The van der Waals surface area contributed by atoms with E-state index >= 15 is 0 Å². The van der Waals surface area contributed by atoms with Crippen LogP contribution >= 0.6 is 27.7 Å². The minimum Gasteiger partial charge on any atom is -0.345 e. The molecule has 2 aromatic rings. The van der Waals surface area contributed by atoms with Crippen LogP contribution in [0.5, 0.6) is 0 Å². The molecule has 0 radical (unpaired) electrons. The summed E-state index contributed by atoms with van der Waals surface area (Å²) in [6, 6.07) is 11.8. The van der Waals surface area contributed by atoms with Gasteiger partial charge in [0.05, 0.1) is 15.4 Å². The Bertz CT molecular complexity index is 734. The lowest BCUT2D eigenvalue weighted by atomic mass is 10.2. The molecule has 2 aromatic carbocycles. The molecule has 0 aliphatic heterocycles. The first kappa shape index (κ1) is 16.5. The fraction of sp³-hybridized carbons (Fsp3) is 0.133. The summed E-state index contributed by atoms with van der Waals surface area (Å²) in [6.45, 7) is 0. The topological polar surface area (TPSA) is 63.5 Å². The van der Waals surface area contributed by atoms with Gasteiger partial charge in [0.2, 0.25) is 0 Å². The molecule has 0 saturated heterocycles. The van der Waals surface area contributed by atoms with E-state index < -0.39 is 4.92 Å². The maximum atomic E-state index is 12.2. The third-order valence-electron chi connectivity index (χ3n) is 2.86. The Balaban J connectivity index is 2.46. The zero-order chi connectivity index (χ0) is 16.3. The first-order valence-electron chi connectivity index (χ1n) is 6.32. The molecule has 0 spiro atoms. The predicted octanol–water partition coefficient (Wildman–Crippen LogP) is 4.21. The molecule has 1 amide bonds. The van der Waals surface area contributed by atoms with Gasteiger partial charge >= 0.3 is 0 Å². The fourth-order valence-corrected chi connectivity index (χ4v) is 3.41. The number of nitro benzene ring substituents is 1. The third-order valence-corrected chi connectivity index (χ3v) is 4.48. The summed E-state index contributed by atoms with van der Waals surface area (Å²) in [5, 5.41) is 11.2. The Morgan fingerprint density at radius 2 is 1.86 bits per heavy atom. The predicted molar refractivity (Wildman–Crippen MR) is 89.4 cm³/mol. The Labute approximate surface area is 140 Å². The van der Waals surface area contributed by atoms with Crippen molar-refractivity contribution < 1.29 is 9.72 Å². The third kappa shape index (κ3) is 3.66. The molecule has 0 saturated carbocycles. The van der Waals surface area contributed by atoms with Gasteiger partial charge in [0, 0.05) is 29.5 Å². The second kappa shape index (κ2) is 6.93. The summed E-state index contributed by atoms with van der Waals surface area (Å²) in [5.41, 5.74) is 0.534. The first-order chi connectivity index (χ1) is 10.4. The van der Waals surface area contributed by atoms with Crippen molar-refractivity contribution in [1.29, 1.82) is 0 Å². The molecule has 0 heterocycles. The van der Waals surface area contributed by atoms with Crippen molar-refractivity contribution in [1.82, 2.24) is 4.90 Å². The van der Waals surface area contributed by atoms with Crippen LogP contribution in [0.4, 0.5) is 5.69 Å². The van der Waals surface area contributed by atoms with E-state index in [-0.39, 0.29) is 11.6 Å². The number of halogens is 1. The van der Waals surface area contributed by atoms with Gasteiger partial charge in [-0.3, -0.25) is 14.9 Å². The molecular weight excluding hydrogens is 368 g/mol. The molecular formula is C15H13BrN2O3S. The summed E-state index contributed by atoms with van der Waals surface area (Å²) in [7, 11) is 3.34. The molecule has 2 rings (SSSR count). The Morgan fingerprint density at radius 3 is 2.50 bits per heavy atom. The molecule has 0 bridgehead atoms. The average molecular weight is 381 g/mol. The van der Waals surface area contributed by atoms with Crippen molar-refractivity contribution in [2.75, 3.05) is 14.1 Å². The molecule has 0 fully saturated rings. The lowest BCUT2D eigenvalue weighted by Gasteiger charge is -2.13. The van der Waals surface area contributed by atoms with Crippen molar-refractivity contribution in [3.8, 4) is 0 Å². The van der Waals surface area contributed by atoms with Crippen molar-refractivity contribution in [3.63, 3.8) is 0 Å². The zero-order valence-corrected chi connectivity index (χ0v) is 14.3. The van der Waals surface area contributed by atoms with E-state index in [4.69, 9.17) is 0 Å². The number of nitro groups is 1. The van der Waals surface area contributed by atoms with Gasteiger partial charge in [-0.05, 0) is 24.3 Å². The van der Waals surface area contributed by atoms with Gasteiger partial charge in [-0.25, -0.2) is 0 Å². The molecule has 114 valence electrons. The van der Waals surface area contributed by atoms with Crippen LogP contribution in [0, 0.1) is 10.1 Å². The molecule has 0 aromatic heterocycles. The molecule has 0 N–H and O–H groups in total. The number of rotatable bonds is 4. The van der Waals surface area contributed by atoms with E-state index in [9.17, 15) is 14.9 Å². The van der Waals surface area contributed by atoms with Crippen LogP contribution in [-0.4, -0.2) is 29.8 Å². The summed E-state index contributed by atoms with van der Waals surface area (Å²) in [6.07, 6.45) is 0. The monoisotopic (exact) mass is 380 g/mol. The van der Waals surface area contributed by atoms with Crippen LogP contribution in [0.3, 0.4) is 0 Å². The summed E-state index contributed by atoms with van der Waals surface area (Å²) in [4.78, 5) is 25.6. The maximum absolute atomic E-state index is 12.2. The summed E-state index contributed by atoms with van der Waals surface area (Å²) in [5.74, 6) is -0.138. The Kier molecular flexibility index (Phi) is 5.20. The lowest BCUT2D eigenvalue weighted by Crippen LogP contribution is -2.22. The van der Waals surface area contributed by atoms with Crippen LogP contribution < -0.4 is 0 Å². The van der Waals surface area contributed by atoms with Crippen LogP contribution in [0.15, 0.2) is 56.7 Å². The largest absolute Gasteiger partial charge is 0.345 e. The molecule has 0 aliphatic rings. The Hall–Kier alpha value is -1.86. The molecule has 0 atom stereocenters. The Morgan fingerprint density at radius 1 is 1.18 bits per heavy atom. The van der Waals surface area contributed by atoms with Gasteiger partial charge in [0.1, 0.15) is 0 Å². The van der Waals surface area contributed by atoms with E-state index in [0.717, 1.165) is 4.47 Å². The van der Waals surface area contributed by atoms with E-state index in [1.54, 1.807) is 50.5 Å². The molecule has 0 unspecified atom stereocenters. The number of hydrogen-bond acceptors (Lipinski definition) is 4. The molecule has 22 heavy (non-hydrogen) atoms. The quantitative estimate of drug-likeness (QED) is 0.588. The summed E-state index contributed by atoms with van der Waals surface area (Å²) >= 11 is 4.53. The first-order valence-corrected chi connectivity index (χ1v) is 7.93. The van der Waals surface area contributed by atoms with Gasteiger partial charge < -0.3 is 4.90 Å². The van der Waals surface area contributed by atoms with Crippen molar-refractivity contribution in [2.45, 2.75) is 9.79 Å². The average Bonchev–Trinajstić information content (AvgIpc) is 2.46. The zero-order valence-electron chi connectivity index (χ0n) is 11.9. The van der Waals surface area contributed by atoms with E-state index in [0.29, 0.717) is 15.4 Å². The van der Waals surface area contributed by atoms with Crippen LogP contribution in [0.2, 0.25) is 0 Å². The minimum absolute atomic E-state index is 0.0142. The van der Waals surface area contributed by atoms with Gasteiger partial charge in [-0.2, -0.15) is 0 Å². The highest BCUT2D eigenvalue weighted by molar-refractivity contribution is 9.10. The van der Waals surface area contributed by atoms with Gasteiger partial charge in [0.25, 0.3) is 11.6 Å². The van der Waals surface area contributed by atoms with Gasteiger partial charge in [-0.1, -0.05) is 39.8 Å². The minimum atomic E-state index is -0.425. The molecule has 7 heteroatoms. The van der Waals surface area contributed by atoms with E-state index in [1.807, 2.05) is 0 Å².